The maximum Gasteiger partial charge on any atom is 0.361 e. The lowest BCUT2D eigenvalue weighted by Crippen LogP contribution is -3.14. The monoisotopic (exact) mass is 311 g/mol. The van der Waals surface area contributed by atoms with Crippen LogP contribution in [0.3, 0.4) is 0 Å². The molecule has 6 nitrogen and oxygen atoms in total. The van der Waals surface area contributed by atoms with Gasteiger partial charge in [-0.1, -0.05) is 11.6 Å². The normalized spacial score (nSPS) is 19.8. The van der Waals surface area contributed by atoms with E-state index in [1.807, 2.05) is 0 Å². The van der Waals surface area contributed by atoms with Gasteiger partial charge < -0.3 is 9.64 Å². The van der Waals surface area contributed by atoms with Crippen LogP contribution in [0.4, 0.5) is 5.69 Å². The van der Waals surface area contributed by atoms with E-state index < -0.39 is 12.0 Å². The van der Waals surface area contributed by atoms with Crippen molar-refractivity contribution in [3.63, 3.8) is 0 Å². The first kappa shape index (κ1) is 15.5. The van der Waals surface area contributed by atoms with E-state index in [1.165, 1.54) is 7.11 Å². The van der Waals surface area contributed by atoms with Crippen molar-refractivity contribution in [1.29, 1.82) is 0 Å². The average molecular weight is 312 g/mol. The molecular weight excluding hydrogens is 296 g/mol. The molecule has 1 saturated heterocycles. The highest BCUT2D eigenvalue weighted by Crippen LogP contribution is 2.23. The molecule has 2 atom stereocenters. The van der Waals surface area contributed by atoms with Crippen molar-refractivity contribution in [2.45, 2.75) is 12.5 Å². The summed E-state index contributed by atoms with van der Waals surface area (Å²) in [5.74, 6) is -1.02. The number of quaternary nitrogens is 1. The van der Waals surface area contributed by atoms with Gasteiger partial charge in [0, 0.05) is 5.02 Å². The van der Waals surface area contributed by atoms with Crippen LogP contribution in [0.25, 0.3) is 0 Å². The molecule has 7 heteroatoms. The first-order valence-electron chi connectivity index (χ1n) is 6.45. The Labute approximate surface area is 127 Å². The van der Waals surface area contributed by atoms with Crippen LogP contribution in [-0.4, -0.2) is 44.5 Å². The van der Waals surface area contributed by atoms with Gasteiger partial charge >= 0.3 is 5.97 Å². The summed E-state index contributed by atoms with van der Waals surface area (Å²) in [6.07, 6.45) is 0.0737. The summed E-state index contributed by atoms with van der Waals surface area (Å²) in [7, 11) is 2.98. The van der Waals surface area contributed by atoms with E-state index in [-0.39, 0.29) is 24.8 Å². The van der Waals surface area contributed by atoms with E-state index in [9.17, 15) is 14.4 Å². The Morgan fingerprint density at radius 3 is 2.57 bits per heavy atom. The number of rotatable bonds is 4. The first-order chi connectivity index (χ1) is 9.93. The number of amides is 2. The number of halogens is 1. The van der Waals surface area contributed by atoms with Crippen LogP contribution in [0.2, 0.25) is 5.02 Å². The summed E-state index contributed by atoms with van der Waals surface area (Å²) in [5, 5.41) is 0.530. The van der Waals surface area contributed by atoms with Crippen LogP contribution in [-0.2, 0) is 19.1 Å². The number of likely N-dealkylation sites (N-methyl/N-ethyl adjacent to an activating group) is 1. The molecule has 1 heterocycles. The Morgan fingerprint density at radius 2 is 2.00 bits per heavy atom. The van der Waals surface area contributed by atoms with Gasteiger partial charge in [-0.15, -0.1) is 0 Å². The molecule has 0 aliphatic carbocycles. The Kier molecular flexibility index (Phi) is 4.59. The number of methoxy groups -OCH3 is 1. The van der Waals surface area contributed by atoms with Crippen molar-refractivity contribution in [2.24, 2.45) is 0 Å². The molecule has 0 bridgehead atoms. The summed E-state index contributed by atoms with van der Waals surface area (Å²) in [5.41, 5.74) is 0.489. The predicted octanol–water partition coefficient (Wildman–Crippen LogP) is -0.340. The van der Waals surface area contributed by atoms with Gasteiger partial charge in [-0.05, 0) is 24.3 Å². The van der Waals surface area contributed by atoms with Gasteiger partial charge in [0.15, 0.2) is 12.6 Å². The third-order valence-electron chi connectivity index (χ3n) is 3.48. The molecule has 1 aromatic rings. The molecule has 21 heavy (non-hydrogen) atoms. The quantitative estimate of drug-likeness (QED) is 0.610. The van der Waals surface area contributed by atoms with Crippen LogP contribution in [0.5, 0.6) is 0 Å². The second kappa shape index (κ2) is 6.24. The number of ether oxygens (including phenoxy) is 1. The number of esters is 1. The number of benzene rings is 1. The largest absolute Gasteiger partial charge is 0.465 e. The van der Waals surface area contributed by atoms with Gasteiger partial charge in [0.05, 0.1) is 26.3 Å². The standard InChI is InChI=1S/C14H15ClN2O4/c1-16(8-13(19)21-2)11-7-12(18)17(14(11)20)10-5-3-9(15)4-6-10/h3-6,11H,7-8H2,1-2H3/p+1. The second-order valence-electron chi connectivity index (χ2n) is 4.90. The maximum atomic E-state index is 12.4. The summed E-state index contributed by atoms with van der Waals surface area (Å²) in [6, 6.07) is 5.91. The molecule has 2 amide bonds. The minimum atomic E-state index is -0.577. The van der Waals surface area contributed by atoms with Crippen molar-refractivity contribution >= 4 is 35.1 Å². The molecule has 2 unspecified atom stereocenters. The molecular formula is C14H16ClN2O4+. The van der Waals surface area contributed by atoms with Crippen LogP contribution < -0.4 is 9.80 Å². The summed E-state index contributed by atoms with van der Waals surface area (Å²) < 4.78 is 4.58. The molecule has 0 aromatic heterocycles. The maximum absolute atomic E-state index is 12.4. The van der Waals surface area contributed by atoms with E-state index in [1.54, 1.807) is 31.3 Å². The van der Waals surface area contributed by atoms with E-state index in [2.05, 4.69) is 4.74 Å². The van der Waals surface area contributed by atoms with E-state index >= 15 is 0 Å². The smallest absolute Gasteiger partial charge is 0.361 e. The lowest BCUT2D eigenvalue weighted by molar-refractivity contribution is -0.887. The fraction of sp³-hybridized carbons (Fsp3) is 0.357. The SMILES string of the molecule is COC(=O)C[NH+](C)C1CC(=O)N(c2ccc(Cl)cc2)C1=O. The Balaban J connectivity index is 2.16. The number of hydrogen-bond acceptors (Lipinski definition) is 4. The zero-order valence-electron chi connectivity index (χ0n) is 11.8. The fourth-order valence-corrected chi connectivity index (χ4v) is 2.43. The molecule has 1 aliphatic heterocycles. The molecule has 1 aromatic carbocycles. The average Bonchev–Trinajstić information content (AvgIpc) is 2.75. The molecule has 0 radical (unpaired) electrons. The highest BCUT2D eigenvalue weighted by atomic mass is 35.5. The highest BCUT2D eigenvalue weighted by Gasteiger charge is 2.45. The minimum Gasteiger partial charge on any atom is -0.465 e. The van der Waals surface area contributed by atoms with Gasteiger partial charge in [0.25, 0.3) is 5.91 Å². The number of nitrogens with one attached hydrogen (secondary N) is 1. The van der Waals surface area contributed by atoms with Crippen LogP contribution in [0.15, 0.2) is 24.3 Å². The molecule has 0 spiro atoms. The van der Waals surface area contributed by atoms with Gasteiger partial charge in [0.2, 0.25) is 5.91 Å². The number of imide groups is 1. The van der Waals surface area contributed by atoms with Crippen molar-refractivity contribution in [2.75, 3.05) is 25.6 Å². The molecule has 1 N–H and O–H groups in total. The number of anilines is 1. The zero-order chi connectivity index (χ0) is 15.6. The van der Waals surface area contributed by atoms with Gasteiger partial charge in [-0.2, -0.15) is 0 Å². The molecule has 1 fully saturated rings. The molecule has 1 aliphatic rings. The topological polar surface area (TPSA) is 68.1 Å². The van der Waals surface area contributed by atoms with Crippen molar-refractivity contribution in [3.05, 3.63) is 29.3 Å². The first-order valence-corrected chi connectivity index (χ1v) is 6.83. The zero-order valence-corrected chi connectivity index (χ0v) is 12.5. The Bertz CT molecular complexity index is 573. The number of carbonyl (C=O) groups excluding carboxylic acids is 3. The number of nitrogens with zero attached hydrogens (tertiary/aromatic N) is 1. The third kappa shape index (κ3) is 3.22. The summed E-state index contributed by atoms with van der Waals surface area (Å²) in [4.78, 5) is 37.6. The Hall–Kier alpha value is -1.92. The highest BCUT2D eigenvalue weighted by molar-refractivity contribution is 6.30. The van der Waals surface area contributed by atoms with Crippen molar-refractivity contribution < 1.29 is 24.0 Å². The van der Waals surface area contributed by atoms with Gasteiger partial charge in [-0.25, -0.2) is 9.69 Å². The van der Waals surface area contributed by atoms with Crippen LogP contribution in [0.1, 0.15) is 6.42 Å². The lowest BCUT2D eigenvalue weighted by atomic mass is 10.2. The lowest BCUT2D eigenvalue weighted by Gasteiger charge is -2.19. The second-order valence-corrected chi connectivity index (χ2v) is 5.34. The number of hydrogen-bond donors (Lipinski definition) is 1. The summed E-state index contributed by atoms with van der Waals surface area (Å²) in [6.45, 7) is 0.0364. The van der Waals surface area contributed by atoms with Crippen molar-refractivity contribution in [3.8, 4) is 0 Å². The number of carbonyl (C=O) groups is 3. The Morgan fingerprint density at radius 1 is 1.38 bits per heavy atom. The van der Waals surface area contributed by atoms with Crippen molar-refractivity contribution in [1.82, 2.24) is 0 Å². The van der Waals surface area contributed by atoms with Crippen LogP contribution >= 0.6 is 11.6 Å². The fourth-order valence-electron chi connectivity index (χ4n) is 2.30. The predicted molar refractivity (Wildman–Crippen MR) is 76.1 cm³/mol. The van der Waals surface area contributed by atoms with E-state index in [0.29, 0.717) is 15.6 Å². The van der Waals surface area contributed by atoms with Gasteiger partial charge in [0.1, 0.15) is 0 Å². The third-order valence-corrected chi connectivity index (χ3v) is 3.73. The van der Waals surface area contributed by atoms with Gasteiger partial charge in [-0.3, -0.25) is 9.59 Å². The van der Waals surface area contributed by atoms with E-state index in [0.717, 1.165) is 4.90 Å². The van der Waals surface area contributed by atoms with Crippen LogP contribution in [0, 0.1) is 0 Å². The summed E-state index contributed by atoms with van der Waals surface area (Å²) >= 11 is 5.80. The molecule has 112 valence electrons. The molecule has 0 saturated carbocycles. The van der Waals surface area contributed by atoms with E-state index in [4.69, 9.17) is 11.6 Å². The minimum absolute atomic E-state index is 0.0364. The molecule has 2 rings (SSSR count).